The predicted molar refractivity (Wildman–Crippen MR) is 79.0 cm³/mol. The Balaban J connectivity index is 2.20. The van der Waals surface area contributed by atoms with Crippen LogP contribution in [0.2, 0.25) is 0 Å². The molecule has 0 radical (unpaired) electrons. The summed E-state index contributed by atoms with van der Waals surface area (Å²) in [7, 11) is 1.74. The quantitative estimate of drug-likeness (QED) is 0.648. The van der Waals surface area contributed by atoms with Crippen LogP contribution in [0.15, 0.2) is 35.5 Å². The highest BCUT2D eigenvalue weighted by Crippen LogP contribution is 2.35. The molecule has 0 spiro atoms. The third kappa shape index (κ3) is 3.17. The molecule has 0 unspecified atom stereocenters. The maximum Gasteiger partial charge on any atom is 0.279 e. The van der Waals surface area contributed by atoms with E-state index in [-0.39, 0.29) is 17.3 Å². The minimum absolute atomic E-state index is 0.158. The van der Waals surface area contributed by atoms with E-state index in [9.17, 15) is 4.79 Å². The zero-order valence-electron chi connectivity index (χ0n) is 11.9. The summed E-state index contributed by atoms with van der Waals surface area (Å²) in [6, 6.07) is 5.39. The lowest BCUT2D eigenvalue weighted by Gasteiger charge is -2.16. The van der Waals surface area contributed by atoms with E-state index in [1.54, 1.807) is 25.4 Å². The first-order valence-corrected chi connectivity index (χ1v) is 6.45. The number of hydrogen-bond acceptors (Lipinski definition) is 3. The van der Waals surface area contributed by atoms with Crippen molar-refractivity contribution in [1.82, 2.24) is 5.32 Å². The van der Waals surface area contributed by atoms with Gasteiger partial charge in [-0.1, -0.05) is 6.07 Å². The minimum atomic E-state index is -0.376. The summed E-state index contributed by atoms with van der Waals surface area (Å²) >= 11 is 0. The maximum atomic E-state index is 12.0. The van der Waals surface area contributed by atoms with Gasteiger partial charge in [-0.15, -0.1) is 0 Å². The highest BCUT2D eigenvalue weighted by molar-refractivity contribution is 6.06. The van der Waals surface area contributed by atoms with Gasteiger partial charge in [-0.3, -0.25) is 4.79 Å². The van der Waals surface area contributed by atoms with Gasteiger partial charge in [0, 0.05) is 19.0 Å². The topological polar surface area (TPSA) is 76.7 Å². The summed E-state index contributed by atoms with van der Waals surface area (Å²) in [5, 5.41) is 2.78. The molecule has 0 aromatic heterocycles. The van der Waals surface area contributed by atoms with Crippen molar-refractivity contribution in [2.75, 3.05) is 7.05 Å². The number of nitrogens with two attached hydrogens (primary N) is 1. The monoisotopic (exact) mass is 273 g/mol. The number of benzene rings is 1. The zero-order chi connectivity index (χ0) is 14.8. The normalized spacial score (nSPS) is 16.9. The molecule has 1 aliphatic heterocycles. The van der Waals surface area contributed by atoms with Gasteiger partial charge in [0.15, 0.2) is 0 Å². The summed E-state index contributed by atoms with van der Waals surface area (Å²) in [6.07, 6.45) is 3.98. The van der Waals surface area contributed by atoms with Crippen LogP contribution in [0.5, 0.6) is 5.75 Å². The zero-order valence-corrected chi connectivity index (χ0v) is 11.9. The van der Waals surface area contributed by atoms with Crippen molar-refractivity contribution in [2.24, 2.45) is 10.7 Å². The highest BCUT2D eigenvalue weighted by atomic mass is 16.5. The van der Waals surface area contributed by atoms with Crippen LogP contribution in [0, 0.1) is 0 Å². The number of hydrogen-bond donors (Lipinski definition) is 2. The van der Waals surface area contributed by atoms with Gasteiger partial charge in [-0.2, -0.15) is 4.99 Å². The maximum absolute atomic E-state index is 12.0. The molecule has 1 aromatic rings. The molecule has 3 N–H and O–H groups in total. The molecule has 0 aliphatic carbocycles. The molecule has 20 heavy (non-hydrogen) atoms. The molecular weight excluding hydrogens is 254 g/mol. The van der Waals surface area contributed by atoms with Crippen LogP contribution in [-0.2, 0) is 6.42 Å². The van der Waals surface area contributed by atoms with Crippen molar-refractivity contribution in [2.45, 2.75) is 25.9 Å². The fourth-order valence-corrected chi connectivity index (χ4v) is 2.11. The third-order valence-corrected chi connectivity index (χ3v) is 2.97. The standard InChI is InChI=1S/C15H19N3O2/c1-15(2)9-11-5-4-10(8-12(11)20-15)14(19)18-13(16)6-7-17-3/h4-8,17H,9H2,1-3H3,(H2,16,18,19)/b7-6-. The Hall–Kier alpha value is -2.30. The lowest BCUT2D eigenvalue weighted by molar-refractivity contribution is 0.100. The van der Waals surface area contributed by atoms with E-state index in [1.807, 2.05) is 19.9 Å². The Kier molecular flexibility index (Phi) is 3.79. The van der Waals surface area contributed by atoms with Crippen LogP contribution in [0.25, 0.3) is 0 Å². The number of carbonyl (C=O) groups excluding carboxylic acids is 1. The minimum Gasteiger partial charge on any atom is -0.487 e. The molecule has 1 amide bonds. The number of aliphatic imine (C=N–C) groups is 1. The van der Waals surface area contributed by atoms with Crippen LogP contribution < -0.4 is 15.8 Å². The summed E-state index contributed by atoms with van der Waals surface area (Å²) in [5.41, 5.74) is 6.99. The molecule has 0 atom stereocenters. The number of ether oxygens (including phenoxy) is 1. The van der Waals surface area contributed by atoms with E-state index in [0.717, 1.165) is 17.7 Å². The van der Waals surface area contributed by atoms with Crippen molar-refractivity contribution >= 4 is 11.7 Å². The number of carbonyl (C=O) groups is 1. The lowest BCUT2D eigenvalue weighted by atomic mass is 10.0. The number of nitrogens with zero attached hydrogens (tertiary/aromatic N) is 1. The van der Waals surface area contributed by atoms with E-state index < -0.39 is 0 Å². The first-order valence-electron chi connectivity index (χ1n) is 6.45. The molecule has 0 saturated heterocycles. The Bertz CT molecular complexity index is 589. The van der Waals surface area contributed by atoms with Gasteiger partial charge >= 0.3 is 0 Å². The fraction of sp³-hybridized carbons (Fsp3) is 0.333. The molecule has 5 heteroatoms. The Morgan fingerprint density at radius 1 is 1.50 bits per heavy atom. The molecular formula is C15H19N3O2. The van der Waals surface area contributed by atoms with Gasteiger partial charge < -0.3 is 15.8 Å². The van der Waals surface area contributed by atoms with Gasteiger partial charge in [-0.25, -0.2) is 0 Å². The molecule has 2 rings (SSSR count). The summed E-state index contributed by atoms with van der Waals surface area (Å²) < 4.78 is 5.80. The predicted octanol–water partition coefficient (Wildman–Crippen LogP) is 1.63. The average Bonchev–Trinajstić information content (AvgIpc) is 2.68. The van der Waals surface area contributed by atoms with Crippen LogP contribution in [0.3, 0.4) is 0 Å². The van der Waals surface area contributed by atoms with Crippen molar-refractivity contribution in [1.29, 1.82) is 0 Å². The molecule has 1 aliphatic rings. The lowest BCUT2D eigenvalue weighted by Crippen LogP contribution is -2.24. The molecule has 0 bridgehead atoms. The van der Waals surface area contributed by atoms with Gasteiger partial charge in [-0.05, 0) is 43.8 Å². The smallest absolute Gasteiger partial charge is 0.279 e. The van der Waals surface area contributed by atoms with E-state index in [0.29, 0.717) is 5.56 Å². The van der Waals surface area contributed by atoms with Crippen molar-refractivity contribution in [3.8, 4) is 5.75 Å². The number of rotatable bonds is 3. The second-order valence-corrected chi connectivity index (χ2v) is 5.32. The second-order valence-electron chi connectivity index (χ2n) is 5.32. The van der Waals surface area contributed by atoms with Crippen molar-refractivity contribution < 1.29 is 9.53 Å². The van der Waals surface area contributed by atoms with Crippen LogP contribution in [0.4, 0.5) is 0 Å². The van der Waals surface area contributed by atoms with E-state index in [1.165, 1.54) is 6.08 Å². The number of fused-ring (bicyclic) bond motifs is 1. The van der Waals surface area contributed by atoms with Gasteiger partial charge in [0.2, 0.25) is 0 Å². The van der Waals surface area contributed by atoms with E-state index in [2.05, 4.69) is 10.3 Å². The molecule has 5 nitrogen and oxygen atoms in total. The van der Waals surface area contributed by atoms with Gasteiger partial charge in [0.25, 0.3) is 5.91 Å². The highest BCUT2D eigenvalue weighted by Gasteiger charge is 2.30. The van der Waals surface area contributed by atoms with Gasteiger partial charge in [0.05, 0.1) is 0 Å². The van der Waals surface area contributed by atoms with Crippen molar-refractivity contribution in [3.63, 3.8) is 0 Å². The molecule has 106 valence electrons. The number of amides is 1. The van der Waals surface area contributed by atoms with E-state index in [4.69, 9.17) is 10.5 Å². The average molecular weight is 273 g/mol. The largest absolute Gasteiger partial charge is 0.487 e. The summed E-state index contributed by atoms with van der Waals surface area (Å²) in [6.45, 7) is 4.04. The van der Waals surface area contributed by atoms with Gasteiger partial charge in [0.1, 0.15) is 17.2 Å². The second kappa shape index (κ2) is 5.36. The van der Waals surface area contributed by atoms with Crippen LogP contribution in [0.1, 0.15) is 29.8 Å². The Labute approximate surface area is 118 Å². The number of amidine groups is 1. The number of nitrogens with one attached hydrogen (secondary N) is 1. The summed E-state index contributed by atoms with van der Waals surface area (Å²) in [4.78, 5) is 15.8. The van der Waals surface area contributed by atoms with Crippen molar-refractivity contribution in [3.05, 3.63) is 41.6 Å². The third-order valence-electron chi connectivity index (χ3n) is 2.97. The Morgan fingerprint density at radius 2 is 2.25 bits per heavy atom. The molecule has 1 heterocycles. The molecule has 0 fully saturated rings. The van der Waals surface area contributed by atoms with Crippen LogP contribution >= 0.6 is 0 Å². The summed E-state index contributed by atoms with van der Waals surface area (Å²) in [5.74, 6) is 0.533. The van der Waals surface area contributed by atoms with E-state index >= 15 is 0 Å². The Morgan fingerprint density at radius 3 is 2.95 bits per heavy atom. The SMILES string of the molecule is CN/C=C\C(N)=NC(=O)c1ccc2c(c1)OC(C)(C)C2. The fourth-order valence-electron chi connectivity index (χ4n) is 2.11. The first-order chi connectivity index (χ1) is 9.41. The van der Waals surface area contributed by atoms with Crippen LogP contribution in [-0.4, -0.2) is 24.4 Å². The first kappa shape index (κ1) is 14.1. The molecule has 1 aromatic carbocycles. The molecule has 0 saturated carbocycles.